The second kappa shape index (κ2) is 8.87. The largest absolute Gasteiger partial charge is 0.295 e. The standard InChI is InChI=1S/C21H23N3/c1-17(2)12-13-24(15-19-6-4-18(14-22)5-7-19)16-20-8-10-21(23-3)11-9-20/h4-11,17H,12-13,15-16H2,1-2H3. The third-order valence-corrected chi connectivity index (χ3v) is 3.98. The van der Waals surface area contributed by atoms with E-state index in [2.05, 4.69) is 29.7 Å². The smallest absolute Gasteiger partial charge is 0.187 e. The molecule has 0 bridgehead atoms. The second-order valence-corrected chi connectivity index (χ2v) is 6.48. The molecule has 0 aromatic heterocycles. The molecule has 0 radical (unpaired) electrons. The monoisotopic (exact) mass is 317 g/mol. The van der Waals surface area contributed by atoms with Crippen LogP contribution in [0.1, 0.15) is 37.0 Å². The van der Waals surface area contributed by atoms with Gasteiger partial charge in [-0.3, -0.25) is 4.90 Å². The van der Waals surface area contributed by atoms with E-state index in [0.717, 1.165) is 26.1 Å². The van der Waals surface area contributed by atoms with E-state index in [9.17, 15) is 0 Å². The summed E-state index contributed by atoms with van der Waals surface area (Å²) in [6, 6.07) is 17.8. The van der Waals surface area contributed by atoms with Crippen molar-refractivity contribution in [3.63, 3.8) is 0 Å². The van der Waals surface area contributed by atoms with E-state index in [-0.39, 0.29) is 0 Å². The molecular weight excluding hydrogens is 294 g/mol. The van der Waals surface area contributed by atoms with E-state index in [1.165, 1.54) is 11.1 Å². The van der Waals surface area contributed by atoms with Crippen molar-refractivity contribution in [3.05, 3.63) is 76.6 Å². The topological polar surface area (TPSA) is 31.4 Å². The van der Waals surface area contributed by atoms with Crippen LogP contribution in [0.15, 0.2) is 48.5 Å². The van der Waals surface area contributed by atoms with Gasteiger partial charge in [-0.1, -0.05) is 50.2 Å². The lowest BCUT2D eigenvalue weighted by atomic mass is 10.1. The molecule has 0 amide bonds. The first kappa shape index (κ1) is 17.7. The van der Waals surface area contributed by atoms with Crippen LogP contribution < -0.4 is 0 Å². The highest BCUT2D eigenvalue weighted by Gasteiger charge is 2.09. The third kappa shape index (κ3) is 5.54. The average Bonchev–Trinajstić information content (AvgIpc) is 2.61. The van der Waals surface area contributed by atoms with Crippen LogP contribution in [0.5, 0.6) is 0 Å². The fraction of sp³-hybridized carbons (Fsp3) is 0.333. The van der Waals surface area contributed by atoms with Crippen molar-refractivity contribution < 1.29 is 0 Å². The van der Waals surface area contributed by atoms with Gasteiger partial charge in [0.1, 0.15) is 0 Å². The summed E-state index contributed by atoms with van der Waals surface area (Å²) in [7, 11) is 0. The van der Waals surface area contributed by atoms with Gasteiger partial charge in [0.25, 0.3) is 0 Å². The molecule has 0 saturated carbocycles. The van der Waals surface area contributed by atoms with Crippen LogP contribution in [0.25, 0.3) is 4.85 Å². The lowest BCUT2D eigenvalue weighted by molar-refractivity contribution is 0.241. The Hall–Kier alpha value is -2.62. The van der Waals surface area contributed by atoms with Crippen LogP contribution >= 0.6 is 0 Å². The average molecular weight is 317 g/mol. The first-order valence-corrected chi connectivity index (χ1v) is 8.28. The summed E-state index contributed by atoms with van der Waals surface area (Å²) in [4.78, 5) is 5.87. The van der Waals surface area contributed by atoms with E-state index in [0.29, 0.717) is 17.2 Å². The van der Waals surface area contributed by atoms with Crippen molar-refractivity contribution in [1.29, 1.82) is 5.26 Å². The predicted octanol–water partition coefficient (Wildman–Crippen LogP) is 5.16. The lowest BCUT2D eigenvalue weighted by Gasteiger charge is -2.23. The number of hydrogen-bond donors (Lipinski definition) is 0. The van der Waals surface area contributed by atoms with Crippen molar-refractivity contribution >= 4 is 5.69 Å². The van der Waals surface area contributed by atoms with Crippen molar-refractivity contribution in [1.82, 2.24) is 4.90 Å². The SMILES string of the molecule is [C-]#[N+]c1ccc(CN(CCC(C)C)Cc2ccc(C#N)cc2)cc1. The molecule has 0 atom stereocenters. The molecular formula is C21H23N3. The molecule has 2 aromatic rings. The third-order valence-electron chi connectivity index (χ3n) is 3.98. The van der Waals surface area contributed by atoms with Gasteiger partial charge in [0.2, 0.25) is 0 Å². The highest BCUT2D eigenvalue weighted by molar-refractivity contribution is 5.45. The zero-order valence-corrected chi connectivity index (χ0v) is 14.4. The fourth-order valence-corrected chi connectivity index (χ4v) is 2.53. The fourth-order valence-electron chi connectivity index (χ4n) is 2.53. The van der Waals surface area contributed by atoms with Crippen molar-refractivity contribution in [2.75, 3.05) is 6.54 Å². The second-order valence-electron chi connectivity index (χ2n) is 6.48. The van der Waals surface area contributed by atoms with E-state index in [4.69, 9.17) is 11.8 Å². The Morgan fingerprint density at radius 3 is 2.00 bits per heavy atom. The van der Waals surface area contributed by atoms with E-state index < -0.39 is 0 Å². The molecule has 24 heavy (non-hydrogen) atoms. The molecule has 0 unspecified atom stereocenters. The summed E-state index contributed by atoms with van der Waals surface area (Å²) < 4.78 is 0. The number of nitrogens with zero attached hydrogens (tertiary/aromatic N) is 3. The maximum Gasteiger partial charge on any atom is 0.187 e. The molecule has 2 rings (SSSR count). The molecule has 3 nitrogen and oxygen atoms in total. The summed E-state index contributed by atoms with van der Waals surface area (Å²) in [6.07, 6.45) is 1.15. The van der Waals surface area contributed by atoms with E-state index >= 15 is 0 Å². The molecule has 0 fully saturated rings. The highest BCUT2D eigenvalue weighted by atomic mass is 15.1. The van der Waals surface area contributed by atoms with Crippen LogP contribution in [0.2, 0.25) is 0 Å². The predicted molar refractivity (Wildman–Crippen MR) is 97.4 cm³/mol. The number of nitriles is 1. The molecule has 122 valence electrons. The Morgan fingerprint density at radius 1 is 1.00 bits per heavy atom. The number of rotatable bonds is 7. The van der Waals surface area contributed by atoms with Crippen molar-refractivity contribution in [2.24, 2.45) is 5.92 Å². The summed E-state index contributed by atoms with van der Waals surface area (Å²) in [5, 5.41) is 8.91. The van der Waals surface area contributed by atoms with Gasteiger partial charge in [0, 0.05) is 13.1 Å². The molecule has 0 aliphatic rings. The molecule has 0 heterocycles. The number of benzene rings is 2. The Labute approximate surface area is 145 Å². The summed E-state index contributed by atoms with van der Waals surface area (Å²) in [5.41, 5.74) is 3.82. The van der Waals surface area contributed by atoms with E-state index in [1.54, 1.807) is 0 Å². The minimum absolute atomic E-state index is 0.665. The van der Waals surface area contributed by atoms with Gasteiger partial charge >= 0.3 is 0 Å². The van der Waals surface area contributed by atoms with Crippen LogP contribution in [0, 0.1) is 23.8 Å². The normalized spacial score (nSPS) is 10.6. The van der Waals surface area contributed by atoms with Gasteiger partial charge in [-0.05, 0) is 42.1 Å². The molecule has 2 aromatic carbocycles. The van der Waals surface area contributed by atoms with Gasteiger partial charge in [-0.15, -0.1) is 0 Å². The van der Waals surface area contributed by atoms with Crippen molar-refractivity contribution in [3.8, 4) is 6.07 Å². The first-order chi connectivity index (χ1) is 11.6. The Bertz CT molecular complexity index is 656. The Balaban J connectivity index is 2.07. The lowest BCUT2D eigenvalue weighted by Crippen LogP contribution is -2.25. The van der Waals surface area contributed by atoms with Gasteiger partial charge in [-0.2, -0.15) is 5.26 Å². The van der Waals surface area contributed by atoms with Crippen molar-refractivity contribution in [2.45, 2.75) is 33.4 Å². The Kier molecular flexibility index (Phi) is 6.55. The van der Waals surface area contributed by atoms with Gasteiger partial charge < -0.3 is 0 Å². The van der Waals surface area contributed by atoms with Gasteiger partial charge in [-0.25, -0.2) is 4.85 Å². The van der Waals surface area contributed by atoms with Gasteiger partial charge in [0.05, 0.1) is 18.2 Å². The first-order valence-electron chi connectivity index (χ1n) is 8.28. The minimum atomic E-state index is 0.665. The quantitative estimate of drug-likeness (QED) is 0.661. The van der Waals surface area contributed by atoms with Crippen LogP contribution in [0.4, 0.5) is 5.69 Å². The summed E-state index contributed by atoms with van der Waals surface area (Å²) >= 11 is 0. The Morgan fingerprint density at radius 2 is 1.54 bits per heavy atom. The minimum Gasteiger partial charge on any atom is -0.295 e. The molecule has 0 N–H and O–H groups in total. The molecule has 0 spiro atoms. The van der Waals surface area contributed by atoms with E-state index in [1.807, 2.05) is 48.5 Å². The molecule has 0 saturated heterocycles. The number of hydrogen-bond acceptors (Lipinski definition) is 2. The van der Waals surface area contributed by atoms with Crippen LogP contribution in [0.3, 0.4) is 0 Å². The molecule has 0 aliphatic carbocycles. The maximum absolute atomic E-state index is 8.91. The van der Waals surface area contributed by atoms with Gasteiger partial charge in [0.15, 0.2) is 5.69 Å². The summed E-state index contributed by atoms with van der Waals surface area (Å²) in [5.74, 6) is 0.665. The molecule has 3 heteroatoms. The van der Waals surface area contributed by atoms with Crippen LogP contribution in [-0.2, 0) is 13.1 Å². The summed E-state index contributed by atoms with van der Waals surface area (Å²) in [6.45, 7) is 14.3. The molecule has 0 aliphatic heterocycles. The zero-order chi connectivity index (χ0) is 17.4. The highest BCUT2D eigenvalue weighted by Crippen LogP contribution is 2.17. The zero-order valence-electron chi connectivity index (χ0n) is 14.4. The maximum atomic E-state index is 8.91. The van der Waals surface area contributed by atoms with Crippen LogP contribution in [-0.4, -0.2) is 11.4 Å².